The quantitative estimate of drug-likeness (QED) is 0.830. The van der Waals surface area contributed by atoms with E-state index in [-0.39, 0.29) is 11.3 Å². The molecular formula is C10H9F3N2O3. The van der Waals surface area contributed by atoms with E-state index in [1.807, 2.05) is 0 Å². The lowest BCUT2D eigenvalue weighted by Gasteiger charge is -2.07. The standard InChI is InChI=1S/C10H9F3N2O3/c1-18-9(17)6-2-3-7(14-4-6)8(16)15-5-10(11,12)13/h2-4H,5H2,1H3,(H,15,16). The van der Waals surface area contributed by atoms with Gasteiger partial charge in [0.2, 0.25) is 0 Å². The molecule has 0 saturated heterocycles. The third-order valence-electron chi connectivity index (χ3n) is 1.87. The second kappa shape index (κ2) is 5.48. The number of rotatable bonds is 3. The summed E-state index contributed by atoms with van der Waals surface area (Å²) in [6, 6.07) is 2.37. The zero-order valence-electron chi connectivity index (χ0n) is 9.25. The highest BCUT2D eigenvalue weighted by molar-refractivity contribution is 5.94. The number of nitrogens with one attached hydrogen (secondary N) is 1. The summed E-state index contributed by atoms with van der Waals surface area (Å²) in [5.74, 6) is -1.62. The minimum absolute atomic E-state index is 0.102. The van der Waals surface area contributed by atoms with Gasteiger partial charge in [0.15, 0.2) is 0 Å². The van der Waals surface area contributed by atoms with Crippen LogP contribution in [0.25, 0.3) is 0 Å². The van der Waals surface area contributed by atoms with E-state index in [4.69, 9.17) is 0 Å². The van der Waals surface area contributed by atoms with Crippen molar-refractivity contribution in [2.75, 3.05) is 13.7 Å². The van der Waals surface area contributed by atoms with Crippen LogP contribution in [0.5, 0.6) is 0 Å². The predicted octanol–water partition coefficient (Wildman–Crippen LogP) is 1.16. The van der Waals surface area contributed by atoms with E-state index in [1.54, 1.807) is 5.32 Å². The number of amides is 1. The minimum atomic E-state index is -4.48. The molecular weight excluding hydrogens is 253 g/mol. The third kappa shape index (κ3) is 4.04. The molecule has 0 aliphatic heterocycles. The van der Waals surface area contributed by atoms with Gasteiger partial charge < -0.3 is 10.1 Å². The Morgan fingerprint density at radius 2 is 2.06 bits per heavy atom. The summed E-state index contributed by atoms with van der Waals surface area (Å²) in [7, 11) is 1.17. The molecule has 0 unspecified atom stereocenters. The fourth-order valence-electron chi connectivity index (χ4n) is 1.04. The SMILES string of the molecule is COC(=O)c1ccc(C(=O)NCC(F)(F)F)nc1. The fourth-order valence-corrected chi connectivity index (χ4v) is 1.04. The molecule has 0 aliphatic rings. The molecule has 18 heavy (non-hydrogen) atoms. The first-order valence-corrected chi connectivity index (χ1v) is 4.73. The molecule has 98 valence electrons. The number of esters is 1. The van der Waals surface area contributed by atoms with Crippen LogP contribution in [0.1, 0.15) is 20.8 Å². The molecule has 0 aliphatic carbocycles. The molecule has 1 aromatic rings. The highest BCUT2D eigenvalue weighted by atomic mass is 19.4. The smallest absolute Gasteiger partial charge is 0.405 e. The number of pyridine rings is 1. The van der Waals surface area contributed by atoms with Crippen molar-refractivity contribution in [3.63, 3.8) is 0 Å². The Balaban J connectivity index is 2.68. The van der Waals surface area contributed by atoms with Crippen molar-refractivity contribution in [1.29, 1.82) is 0 Å². The van der Waals surface area contributed by atoms with E-state index < -0.39 is 24.6 Å². The number of hydrogen-bond donors (Lipinski definition) is 1. The molecule has 1 aromatic heterocycles. The van der Waals surface area contributed by atoms with Crippen molar-refractivity contribution in [2.24, 2.45) is 0 Å². The van der Waals surface area contributed by atoms with Crippen LogP contribution in [0.4, 0.5) is 13.2 Å². The van der Waals surface area contributed by atoms with Crippen molar-refractivity contribution in [3.8, 4) is 0 Å². The molecule has 0 aromatic carbocycles. The average Bonchev–Trinajstić information content (AvgIpc) is 2.34. The molecule has 0 bridgehead atoms. The number of hydrogen-bond acceptors (Lipinski definition) is 4. The first kappa shape index (κ1) is 13.9. The molecule has 0 spiro atoms. The van der Waals surface area contributed by atoms with Gasteiger partial charge in [0.05, 0.1) is 12.7 Å². The highest BCUT2D eigenvalue weighted by Crippen LogP contribution is 2.12. The maximum absolute atomic E-state index is 11.9. The second-order valence-corrected chi connectivity index (χ2v) is 3.22. The van der Waals surface area contributed by atoms with Gasteiger partial charge in [-0.15, -0.1) is 0 Å². The number of nitrogens with zero attached hydrogens (tertiary/aromatic N) is 1. The average molecular weight is 262 g/mol. The normalized spacial score (nSPS) is 10.9. The monoisotopic (exact) mass is 262 g/mol. The van der Waals surface area contributed by atoms with E-state index in [2.05, 4.69) is 9.72 Å². The summed E-state index contributed by atoms with van der Waals surface area (Å²) in [6.07, 6.45) is -3.43. The molecule has 8 heteroatoms. The molecule has 0 saturated carbocycles. The number of halogens is 3. The molecule has 0 atom stereocenters. The lowest BCUT2D eigenvalue weighted by molar-refractivity contribution is -0.123. The van der Waals surface area contributed by atoms with Crippen LogP contribution in [-0.2, 0) is 4.74 Å². The van der Waals surface area contributed by atoms with E-state index in [9.17, 15) is 22.8 Å². The Morgan fingerprint density at radius 1 is 1.39 bits per heavy atom. The molecule has 5 nitrogen and oxygen atoms in total. The number of methoxy groups -OCH3 is 1. The van der Waals surface area contributed by atoms with Gasteiger partial charge in [-0.05, 0) is 12.1 Å². The van der Waals surface area contributed by atoms with Gasteiger partial charge in [-0.2, -0.15) is 13.2 Å². The highest BCUT2D eigenvalue weighted by Gasteiger charge is 2.28. The largest absolute Gasteiger partial charge is 0.465 e. The van der Waals surface area contributed by atoms with Crippen molar-refractivity contribution < 1.29 is 27.5 Å². The summed E-state index contributed by atoms with van der Waals surface area (Å²) < 4.78 is 40.0. The molecule has 1 rings (SSSR count). The van der Waals surface area contributed by atoms with E-state index in [0.717, 1.165) is 12.3 Å². The van der Waals surface area contributed by atoms with E-state index >= 15 is 0 Å². The van der Waals surface area contributed by atoms with Crippen LogP contribution in [-0.4, -0.2) is 36.7 Å². The Morgan fingerprint density at radius 3 is 2.50 bits per heavy atom. The number of alkyl halides is 3. The zero-order valence-corrected chi connectivity index (χ0v) is 9.25. The number of carbonyl (C=O) groups is 2. The van der Waals surface area contributed by atoms with E-state index in [1.165, 1.54) is 13.2 Å². The Kier molecular flexibility index (Phi) is 4.24. The van der Waals surface area contributed by atoms with Crippen molar-refractivity contribution in [2.45, 2.75) is 6.18 Å². The lowest BCUT2D eigenvalue weighted by Crippen LogP contribution is -2.34. The molecule has 1 amide bonds. The van der Waals surface area contributed by atoms with Crippen LogP contribution < -0.4 is 5.32 Å². The second-order valence-electron chi connectivity index (χ2n) is 3.22. The molecule has 0 radical (unpaired) electrons. The maximum Gasteiger partial charge on any atom is 0.405 e. The molecule has 0 fully saturated rings. The molecule has 1 heterocycles. The van der Waals surface area contributed by atoms with Crippen molar-refractivity contribution in [1.82, 2.24) is 10.3 Å². The summed E-state index contributed by atoms with van der Waals surface area (Å²) in [4.78, 5) is 25.9. The van der Waals surface area contributed by atoms with Gasteiger partial charge in [-0.3, -0.25) is 9.78 Å². The van der Waals surface area contributed by atoms with Gasteiger partial charge in [0.25, 0.3) is 5.91 Å². The number of ether oxygens (including phenoxy) is 1. The van der Waals surface area contributed by atoms with Gasteiger partial charge in [-0.1, -0.05) is 0 Å². The van der Waals surface area contributed by atoms with Crippen LogP contribution in [0.2, 0.25) is 0 Å². The summed E-state index contributed by atoms with van der Waals surface area (Å²) in [6.45, 7) is -1.44. The first-order chi connectivity index (χ1) is 8.33. The van der Waals surface area contributed by atoms with E-state index in [0.29, 0.717) is 0 Å². The lowest BCUT2D eigenvalue weighted by atomic mass is 10.2. The van der Waals surface area contributed by atoms with Gasteiger partial charge in [0.1, 0.15) is 12.2 Å². The van der Waals surface area contributed by atoms with Crippen LogP contribution in [0.3, 0.4) is 0 Å². The predicted molar refractivity (Wildman–Crippen MR) is 54.0 cm³/mol. The van der Waals surface area contributed by atoms with Crippen molar-refractivity contribution >= 4 is 11.9 Å². The Bertz CT molecular complexity index is 443. The van der Waals surface area contributed by atoms with Crippen LogP contribution in [0.15, 0.2) is 18.3 Å². The third-order valence-corrected chi connectivity index (χ3v) is 1.87. The zero-order chi connectivity index (χ0) is 13.8. The maximum atomic E-state index is 11.9. The van der Waals surface area contributed by atoms with Gasteiger partial charge >= 0.3 is 12.1 Å². The summed E-state index contributed by atoms with van der Waals surface area (Å²) >= 11 is 0. The fraction of sp³-hybridized carbons (Fsp3) is 0.300. The topological polar surface area (TPSA) is 68.3 Å². The number of aromatic nitrogens is 1. The van der Waals surface area contributed by atoms with Crippen molar-refractivity contribution in [3.05, 3.63) is 29.6 Å². The Labute approximate surface area is 100.0 Å². The van der Waals surface area contributed by atoms with Gasteiger partial charge in [0, 0.05) is 6.20 Å². The van der Waals surface area contributed by atoms with Crippen LogP contribution in [0, 0.1) is 0 Å². The molecule has 1 N–H and O–H groups in total. The minimum Gasteiger partial charge on any atom is -0.465 e. The first-order valence-electron chi connectivity index (χ1n) is 4.73. The van der Waals surface area contributed by atoms with Crippen LogP contribution >= 0.6 is 0 Å². The number of carbonyl (C=O) groups excluding carboxylic acids is 2. The summed E-state index contributed by atoms with van der Waals surface area (Å²) in [5.41, 5.74) is -0.114. The van der Waals surface area contributed by atoms with Gasteiger partial charge in [-0.25, -0.2) is 4.79 Å². The summed E-state index contributed by atoms with van der Waals surface area (Å²) in [5, 5.41) is 1.66. The Hall–Kier alpha value is -2.12.